The highest BCUT2D eigenvalue weighted by molar-refractivity contribution is 7.89. The Morgan fingerprint density at radius 2 is 2.00 bits per heavy atom. The minimum Gasteiger partial charge on any atom is -0.497 e. The summed E-state index contributed by atoms with van der Waals surface area (Å²) in [4.78, 5) is 4.90. The van der Waals surface area contributed by atoms with E-state index in [0.717, 1.165) is 34.9 Å². The first-order valence-corrected chi connectivity index (χ1v) is 10.7. The molecule has 2 aromatic heterocycles. The van der Waals surface area contributed by atoms with Crippen molar-refractivity contribution >= 4 is 43.3 Å². The molecular weight excluding hydrogens is 390 g/mol. The summed E-state index contributed by atoms with van der Waals surface area (Å²) in [7, 11) is -1.91. The summed E-state index contributed by atoms with van der Waals surface area (Å²) in [5.41, 5.74) is 2.06. The van der Waals surface area contributed by atoms with E-state index in [1.165, 1.54) is 0 Å². The van der Waals surface area contributed by atoms with Gasteiger partial charge in [-0.1, -0.05) is 6.07 Å². The maximum absolute atomic E-state index is 12.5. The Morgan fingerprint density at radius 1 is 1.14 bits per heavy atom. The summed E-state index contributed by atoms with van der Waals surface area (Å²) in [6.45, 7) is 0. The van der Waals surface area contributed by atoms with E-state index < -0.39 is 10.0 Å². The van der Waals surface area contributed by atoms with Gasteiger partial charge in [-0.15, -0.1) is 0 Å². The Hall–Kier alpha value is -3.17. The second-order valence-corrected chi connectivity index (χ2v) is 8.75. The smallest absolute Gasteiger partial charge is 0.240 e. The van der Waals surface area contributed by atoms with Crippen LogP contribution in [0, 0.1) is 0 Å². The van der Waals surface area contributed by atoms with Crippen LogP contribution in [0.3, 0.4) is 0 Å². The average Bonchev–Trinajstić information content (AvgIpc) is 3.38. The van der Waals surface area contributed by atoms with Crippen molar-refractivity contribution in [1.29, 1.82) is 0 Å². The number of sulfonamides is 1. The van der Waals surface area contributed by atoms with Gasteiger partial charge in [0.15, 0.2) is 5.82 Å². The number of pyridine rings is 1. The molecule has 2 heterocycles. The number of methoxy groups -OCH3 is 1. The van der Waals surface area contributed by atoms with Crippen molar-refractivity contribution in [3.8, 4) is 5.75 Å². The minimum absolute atomic E-state index is 0.0550. The SMILES string of the molecule is COc1ccc2nc(Nc3cccc(S(=O)(=O)NC4CC4)c3)c3n[nH]cc3c2c1. The van der Waals surface area contributed by atoms with E-state index in [1.54, 1.807) is 31.4 Å². The number of anilines is 2. The summed E-state index contributed by atoms with van der Waals surface area (Å²) in [6.07, 6.45) is 3.59. The van der Waals surface area contributed by atoms with E-state index in [9.17, 15) is 8.42 Å². The lowest BCUT2D eigenvalue weighted by Crippen LogP contribution is -2.25. The molecule has 5 rings (SSSR count). The first-order valence-electron chi connectivity index (χ1n) is 9.24. The van der Waals surface area contributed by atoms with Crippen LogP contribution in [0.15, 0.2) is 53.6 Å². The van der Waals surface area contributed by atoms with E-state index in [4.69, 9.17) is 4.74 Å². The highest BCUT2D eigenvalue weighted by Crippen LogP contribution is 2.32. The Balaban J connectivity index is 1.55. The third-order valence-electron chi connectivity index (χ3n) is 4.90. The van der Waals surface area contributed by atoms with Crippen LogP contribution in [0.4, 0.5) is 11.5 Å². The second kappa shape index (κ2) is 6.71. The van der Waals surface area contributed by atoms with Crippen LogP contribution in [-0.2, 0) is 10.0 Å². The van der Waals surface area contributed by atoms with Crippen LogP contribution >= 0.6 is 0 Å². The average molecular weight is 409 g/mol. The number of rotatable bonds is 6. The van der Waals surface area contributed by atoms with Crippen LogP contribution in [-0.4, -0.2) is 36.8 Å². The summed E-state index contributed by atoms with van der Waals surface area (Å²) < 4.78 is 33.0. The summed E-state index contributed by atoms with van der Waals surface area (Å²) in [5.74, 6) is 1.28. The number of H-pyrrole nitrogens is 1. The Morgan fingerprint density at radius 3 is 2.79 bits per heavy atom. The lowest BCUT2D eigenvalue weighted by molar-refractivity contribution is 0.415. The van der Waals surface area contributed by atoms with Gasteiger partial charge in [0, 0.05) is 28.7 Å². The third kappa shape index (κ3) is 3.39. The molecule has 2 aromatic carbocycles. The topological polar surface area (TPSA) is 109 Å². The van der Waals surface area contributed by atoms with E-state index in [2.05, 4.69) is 25.2 Å². The predicted molar refractivity (Wildman–Crippen MR) is 111 cm³/mol. The molecule has 1 saturated carbocycles. The van der Waals surface area contributed by atoms with Gasteiger partial charge in [-0.05, 0) is 49.2 Å². The fourth-order valence-electron chi connectivity index (χ4n) is 3.26. The van der Waals surface area contributed by atoms with E-state index in [1.807, 2.05) is 24.4 Å². The zero-order valence-electron chi connectivity index (χ0n) is 15.6. The van der Waals surface area contributed by atoms with Gasteiger partial charge in [0.2, 0.25) is 10.0 Å². The lowest BCUT2D eigenvalue weighted by atomic mass is 10.1. The largest absolute Gasteiger partial charge is 0.497 e. The van der Waals surface area contributed by atoms with Crippen LogP contribution in [0.25, 0.3) is 21.8 Å². The number of fused-ring (bicyclic) bond motifs is 3. The first kappa shape index (κ1) is 17.9. The van der Waals surface area contributed by atoms with Crippen LogP contribution in [0.2, 0.25) is 0 Å². The number of aromatic nitrogens is 3. The maximum Gasteiger partial charge on any atom is 0.240 e. The molecule has 0 spiro atoms. The molecule has 1 fully saturated rings. The van der Waals surface area contributed by atoms with Crippen molar-refractivity contribution in [2.45, 2.75) is 23.8 Å². The highest BCUT2D eigenvalue weighted by atomic mass is 32.2. The quantitative estimate of drug-likeness (QED) is 0.451. The number of benzene rings is 2. The number of ether oxygens (including phenoxy) is 1. The van der Waals surface area contributed by atoms with Crippen molar-refractivity contribution in [3.63, 3.8) is 0 Å². The molecule has 3 N–H and O–H groups in total. The van der Waals surface area contributed by atoms with Crippen LogP contribution in [0.5, 0.6) is 5.75 Å². The van der Waals surface area contributed by atoms with Gasteiger partial charge in [-0.2, -0.15) is 5.10 Å². The van der Waals surface area contributed by atoms with Crippen molar-refractivity contribution in [3.05, 3.63) is 48.7 Å². The van der Waals surface area contributed by atoms with Crippen molar-refractivity contribution in [1.82, 2.24) is 19.9 Å². The zero-order chi connectivity index (χ0) is 20.0. The van der Waals surface area contributed by atoms with Crippen LogP contribution in [0.1, 0.15) is 12.8 Å². The molecule has 1 aliphatic carbocycles. The van der Waals surface area contributed by atoms with Crippen LogP contribution < -0.4 is 14.8 Å². The van der Waals surface area contributed by atoms with Gasteiger partial charge in [-0.25, -0.2) is 18.1 Å². The fourth-order valence-corrected chi connectivity index (χ4v) is 4.61. The van der Waals surface area contributed by atoms with Gasteiger partial charge >= 0.3 is 0 Å². The molecule has 0 bridgehead atoms. The Kier molecular flexibility index (Phi) is 4.14. The van der Waals surface area contributed by atoms with Gasteiger partial charge in [0.05, 0.1) is 17.5 Å². The van der Waals surface area contributed by atoms with Gasteiger partial charge in [0.25, 0.3) is 0 Å². The predicted octanol–water partition coefficient (Wildman–Crippen LogP) is 3.30. The second-order valence-electron chi connectivity index (χ2n) is 7.04. The molecule has 9 heteroatoms. The molecule has 0 radical (unpaired) electrons. The molecule has 8 nitrogen and oxygen atoms in total. The molecule has 1 aliphatic rings. The summed E-state index contributed by atoms with van der Waals surface area (Å²) in [6, 6.07) is 12.4. The van der Waals surface area contributed by atoms with Crippen molar-refractivity contribution in [2.75, 3.05) is 12.4 Å². The molecule has 4 aromatic rings. The lowest BCUT2D eigenvalue weighted by Gasteiger charge is -2.11. The van der Waals surface area contributed by atoms with E-state index in [-0.39, 0.29) is 10.9 Å². The minimum atomic E-state index is -3.53. The molecule has 148 valence electrons. The summed E-state index contributed by atoms with van der Waals surface area (Å²) >= 11 is 0. The molecule has 0 saturated heterocycles. The third-order valence-corrected chi connectivity index (χ3v) is 6.42. The number of aromatic amines is 1. The van der Waals surface area contributed by atoms with Gasteiger partial charge < -0.3 is 10.1 Å². The molecule has 0 atom stereocenters. The van der Waals surface area contributed by atoms with E-state index in [0.29, 0.717) is 17.0 Å². The number of nitrogens with zero attached hydrogens (tertiary/aromatic N) is 2. The number of hydrogen-bond acceptors (Lipinski definition) is 6. The normalized spacial score (nSPS) is 14.4. The molecule has 0 amide bonds. The fraction of sp³-hybridized carbons (Fsp3) is 0.200. The van der Waals surface area contributed by atoms with Gasteiger partial charge in [-0.3, -0.25) is 5.10 Å². The van der Waals surface area contributed by atoms with Crippen molar-refractivity contribution in [2.24, 2.45) is 0 Å². The molecule has 0 aliphatic heterocycles. The molecule has 0 unspecified atom stereocenters. The van der Waals surface area contributed by atoms with Gasteiger partial charge in [0.1, 0.15) is 11.3 Å². The standard InChI is InChI=1S/C20H19N5O3S/c1-28-14-7-8-18-16(10-14)17-11-21-24-19(17)20(23-18)22-13-3-2-4-15(9-13)29(26,27)25-12-5-6-12/h2-4,7-12,25H,5-6H2,1H3,(H,21,24)(H,22,23). The van der Waals surface area contributed by atoms with E-state index >= 15 is 0 Å². The number of hydrogen-bond donors (Lipinski definition) is 3. The monoisotopic (exact) mass is 409 g/mol. The summed E-state index contributed by atoms with van der Waals surface area (Å²) in [5, 5.41) is 12.2. The first-order chi connectivity index (χ1) is 14.0. The molecule has 29 heavy (non-hydrogen) atoms. The molecular formula is C20H19N5O3S. The maximum atomic E-state index is 12.5. The Labute approximate surface area is 167 Å². The van der Waals surface area contributed by atoms with Crippen molar-refractivity contribution < 1.29 is 13.2 Å². The Bertz CT molecular complexity index is 1330. The zero-order valence-corrected chi connectivity index (χ0v) is 16.5. The highest BCUT2D eigenvalue weighted by Gasteiger charge is 2.28. The number of nitrogens with one attached hydrogen (secondary N) is 3.